The summed E-state index contributed by atoms with van der Waals surface area (Å²) >= 11 is 5.85. The number of rotatable bonds is 5. The molecule has 0 amide bonds. The first-order valence-corrected chi connectivity index (χ1v) is 8.47. The van der Waals surface area contributed by atoms with Gasteiger partial charge in [-0.2, -0.15) is 5.10 Å². The Labute approximate surface area is 154 Å². The molecule has 2 aromatic heterocycles. The lowest BCUT2D eigenvalue weighted by atomic mass is 10.3. The van der Waals surface area contributed by atoms with Crippen LogP contribution in [-0.4, -0.2) is 25.9 Å². The Kier molecular flexibility index (Phi) is 4.41. The molecule has 0 saturated heterocycles. The number of ether oxygens (including phenoxy) is 1. The van der Waals surface area contributed by atoms with Gasteiger partial charge in [-0.1, -0.05) is 29.8 Å². The van der Waals surface area contributed by atoms with E-state index < -0.39 is 0 Å². The number of hydrogen-bond acceptors (Lipinski definition) is 4. The monoisotopic (exact) mass is 366 g/mol. The van der Waals surface area contributed by atoms with Crippen LogP contribution in [-0.2, 0) is 6.54 Å². The van der Waals surface area contributed by atoms with Crippen LogP contribution >= 0.6 is 11.6 Å². The molecule has 4 rings (SSSR count). The van der Waals surface area contributed by atoms with Crippen LogP contribution < -0.4 is 10.3 Å². The quantitative estimate of drug-likeness (QED) is 0.543. The number of fused-ring (bicyclic) bond motifs is 1. The number of hydrogen-bond donors (Lipinski definition) is 0. The Balaban J connectivity index is 1.55. The van der Waals surface area contributed by atoms with Gasteiger partial charge in [-0.25, -0.2) is 9.67 Å². The number of benzene rings is 2. The second-order valence-electron chi connectivity index (χ2n) is 5.67. The third-order valence-electron chi connectivity index (χ3n) is 3.97. The van der Waals surface area contributed by atoms with Gasteiger partial charge in [0.2, 0.25) is 0 Å². The van der Waals surface area contributed by atoms with Crippen LogP contribution in [0.25, 0.3) is 16.7 Å². The van der Waals surface area contributed by atoms with Crippen LogP contribution in [0.4, 0.5) is 0 Å². The minimum atomic E-state index is -0.142. The molecule has 0 aliphatic carbocycles. The van der Waals surface area contributed by atoms with Crippen molar-refractivity contribution in [3.63, 3.8) is 0 Å². The summed E-state index contributed by atoms with van der Waals surface area (Å²) in [5.74, 6) is 0.702. The summed E-state index contributed by atoms with van der Waals surface area (Å²) in [5.41, 5.74) is 1.26. The van der Waals surface area contributed by atoms with Crippen LogP contribution in [0.5, 0.6) is 5.75 Å². The molecule has 4 aromatic rings. The molecule has 0 atom stereocenters. The standard InChI is InChI=1S/C19H15ClN4O2/c20-14-6-8-16(9-7-14)26-11-10-23-13-21-18-17(19(23)25)12-22-24(18)15-4-2-1-3-5-15/h1-9,12-13H,10-11H2. The Hall–Kier alpha value is -3.12. The lowest BCUT2D eigenvalue weighted by molar-refractivity contribution is 0.296. The average Bonchev–Trinajstić information content (AvgIpc) is 3.11. The van der Waals surface area contributed by atoms with Crippen LogP contribution in [0.3, 0.4) is 0 Å². The van der Waals surface area contributed by atoms with E-state index in [0.717, 1.165) is 5.69 Å². The first-order chi connectivity index (χ1) is 12.7. The zero-order valence-corrected chi connectivity index (χ0v) is 14.5. The third kappa shape index (κ3) is 3.19. The van der Waals surface area contributed by atoms with E-state index in [-0.39, 0.29) is 5.56 Å². The van der Waals surface area contributed by atoms with E-state index in [0.29, 0.717) is 35.0 Å². The SMILES string of the molecule is O=c1c2cnn(-c3ccccc3)c2ncn1CCOc1ccc(Cl)cc1. The van der Waals surface area contributed by atoms with Gasteiger partial charge in [0.05, 0.1) is 18.4 Å². The molecule has 2 heterocycles. The summed E-state index contributed by atoms with van der Waals surface area (Å²) < 4.78 is 8.82. The summed E-state index contributed by atoms with van der Waals surface area (Å²) in [4.78, 5) is 17.1. The van der Waals surface area contributed by atoms with Crippen molar-refractivity contribution >= 4 is 22.6 Å². The predicted molar refractivity (Wildman–Crippen MR) is 100 cm³/mol. The Morgan fingerprint density at radius 1 is 1.04 bits per heavy atom. The predicted octanol–water partition coefficient (Wildman–Crippen LogP) is 3.31. The van der Waals surface area contributed by atoms with Crippen molar-refractivity contribution < 1.29 is 4.74 Å². The Morgan fingerprint density at radius 3 is 2.58 bits per heavy atom. The summed E-state index contributed by atoms with van der Waals surface area (Å²) in [5, 5.41) is 5.43. The molecule has 0 N–H and O–H groups in total. The summed E-state index contributed by atoms with van der Waals surface area (Å²) in [7, 11) is 0. The van der Waals surface area contributed by atoms with Gasteiger partial charge in [-0.3, -0.25) is 9.36 Å². The second-order valence-corrected chi connectivity index (χ2v) is 6.11. The maximum absolute atomic E-state index is 12.7. The molecule has 0 fully saturated rings. The fourth-order valence-electron chi connectivity index (χ4n) is 2.66. The van der Waals surface area contributed by atoms with E-state index in [1.807, 2.05) is 30.3 Å². The van der Waals surface area contributed by atoms with Gasteiger partial charge >= 0.3 is 0 Å². The molecule has 0 unspecified atom stereocenters. The molecule has 7 heteroatoms. The smallest absolute Gasteiger partial charge is 0.264 e. The summed E-state index contributed by atoms with van der Waals surface area (Å²) in [6.45, 7) is 0.739. The molecule has 6 nitrogen and oxygen atoms in total. The lowest BCUT2D eigenvalue weighted by Crippen LogP contribution is -2.23. The molecule has 130 valence electrons. The van der Waals surface area contributed by atoms with Gasteiger partial charge < -0.3 is 4.74 Å². The van der Waals surface area contributed by atoms with Crippen molar-refractivity contribution in [2.24, 2.45) is 0 Å². The number of para-hydroxylation sites is 1. The van der Waals surface area contributed by atoms with E-state index in [1.54, 1.807) is 35.1 Å². The highest BCUT2D eigenvalue weighted by molar-refractivity contribution is 6.30. The molecule has 0 radical (unpaired) electrons. The van der Waals surface area contributed by atoms with Crippen molar-refractivity contribution in [3.8, 4) is 11.4 Å². The first-order valence-electron chi connectivity index (χ1n) is 8.09. The van der Waals surface area contributed by atoms with E-state index in [4.69, 9.17) is 16.3 Å². The van der Waals surface area contributed by atoms with E-state index in [9.17, 15) is 4.79 Å². The van der Waals surface area contributed by atoms with Gasteiger partial charge in [0.1, 0.15) is 24.1 Å². The van der Waals surface area contributed by atoms with Gasteiger partial charge in [-0.15, -0.1) is 0 Å². The fraction of sp³-hybridized carbons (Fsp3) is 0.105. The molecular formula is C19H15ClN4O2. The molecule has 0 aliphatic rings. The highest BCUT2D eigenvalue weighted by atomic mass is 35.5. The molecule has 0 aliphatic heterocycles. The fourth-order valence-corrected chi connectivity index (χ4v) is 2.78. The minimum absolute atomic E-state index is 0.142. The van der Waals surface area contributed by atoms with Crippen LogP contribution in [0.2, 0.25) is 5.02 Å². The van der Waals surface area contributed by atoms with Crippen molar-refractivity contribution in [1.82, 2.24) is 19.3 Å². The molecule has 0 spiro atoms. The van der Waals surface area contributed by atoms with Crippen molar-refractivity contribution in [2.45, 2.75) is 6.54 Å². The largest absolute Gasteiger partial charge is 0.492 e. The molecule has 0 bridgehead atoms. The second kappa shape index (κ2) is 7.01. The first kappa shape index (κ1) is 16.4. The normalized spacial score (nSPS) is 11.0. The maximum atomic E-state index is 12.7. The topological polar surface area (TPSA) is 61.9 Å². The van der Waals surface area contributed by atoms with Crippen molar-refractivity contribution in [2.75, 3.05) is 6.61 Å². The van der Waals surface area contributed by atoms with E-state index in [2.05, 4.69) is 10.1 Å². The van der Waals surface area contributed by atoms with E-state index in [1.165, 1.54) is 10.9 Å². The average molecular weight is 367 g/mol. The number of nitrogens with zero attached hydrogens (tertiary/aromatic N) is 4. The number of aromatic nitrogens is 4. The Bertz CT molecular complexity index is 1090. The highest BCUT2D eigenvalue weighted by Gasteiger charge is 2.11. The van der Waals surface area contributed by atoms with Crippen molar-refractivity contribution in [3.05, 3.63) is 82.5 Å². The van der Waals surface area contributed by atoms with Gasteiger partial charge in [-0.05, 0) is 36.4 Å². The summed E-state index contributed by atoms with van der Waals surface area (Å²) in [6.07, 6.45) is 3.07. The van der Waals surface area contributed by atoms with Gasteiger partial charge in [0.25, 0.3) is 5.56 Å². The highest BCUT2D eigenvalue weighted by Crippen LogP contribution is 2.16. The summed E-state index contributed by atoms with van der Waals surface area (Å²) in [6, 6.07) is 16.7. The molecular weight excluding hydrogens is 352 g/mol. The van der Waals surface area contributed by atoms with Crippen LogP contribution in [0.1, 0.15) is 0 Å². The van der Waals surface area contributed by atoms with Gasteiger partial charge in [0, 0.05) is 5.02 Å². The van der Waals surface area contributed by atoms with Crippen LogP contribution in [0, 0.1) is 0 Å². The zero-order chi connectivity index (χ0) is 17.9. The molecule has 0 saturated carbocycles. The minimum Gasteiger partial charge on any atom is -0.492 e. The third-order valence-corrected chi connectivity index (χ3v) is 4.22. The Morgan fingerprint density at radius 2 is 1.81 bits per heavy atom. The maximum Gasteiger partial charge on any atom is 0.264 e. The number of halogens is 1. The van der Waals surface area contributed by atoms with E-state index >= 15 is 0 Å². The zero-order valence-electron chi connectivity index (χ0n) is 13.7. The molecule has 26 heavy (non-hydrogen) atoms. The lowest BCUT2D eigenvalue weighted by Gasteiger charge is -2.08. The van der Waals surface area contributed by atoms with Crippen LogP contribution in [0.15, 0.2) is 71.9 Å². The van der Waals surface area contributed by atoms with Gasteiger partial charge in [0.15, 0.2) is 5.65 Å². The molecule has 2 aromatic carbocycles. The van der Waals surface area contributed by atoms with Crippen molar-refractivity contribution in [1.29, 1.82) is 0 Å².